The summed E-state index contributed by atoms with van der Waals surface area (Å²) in [5, 5.41) is 0.558. The van der Waals surface area contributed by atoms with Crippen molar-refractivity contribution in [2.75, 3.05) is 44.4 Å². The third kappa shape index (κ3) is 7.26. The number of carbonyl (C=O) groups excluding carboxylic acids is 3. The summed E-state index contributed by atoms with van der Waals surface area (Å²) < 4.78 is 92.6. The smallest absolute Gasteiger partial charge is 0.416 e. The van der Waals surface area contributed by atoms with Crippen molar-refractivity contribution >= 4 is 68.4 Å². The van der Waals surface area contributed by atoms with Crippen LogP contribution in [0.5, 0.6) is 5.75 Å². The van der Waals surface area contributed by atoms with Gasteiger partial charge in [-0.05, 0) is 53.5 Å². The third-order valence-electron chi connectivity index (χ3n) is 7.95. The number of fused-ring (bicyclic) bond motifs is 1. The molecule has 0 atom stereocenters. The molecular formula is C31H28F6N4O5S2. The van der Waals surface area contributed by atoms with Gasteiger partial charge in [0.25, 0.3) is 0 Å². The molecule has 0 aliphatic carbocycles. The highest BCUT2D eigenvalue weighted by molar-refractivity contribution is 8.23. The normalized spacial score (nSPS) is 15.6. The molecule has 17 heteroatoms. The standard InChI is InChI=1S/C31H28F6N4O5S2/c1-38-13-23(39(2)28(44)46-15-17-8-20(30(32,33)34)12-21(9-17)31(35,36)37)22-10-19(11-24(45-3)27(22)38)18-4-6-40(7-5-18)25(42)14-41-26(43)16-48-29(41)47/h4,8-13H,5-7,14-16H2,1-3H3. The molecule has 0 radical (unpaired) electrons. The van der Waals surface area contributed by atoms with Crippen LogP contribution >= 0.6 is 24.0 Å². The second-order valence-corrected chi connectivity index (χ2v) is 12.7. The molecule has 9 nitrogen and oxygen atoms in total. The first kappa shape index (κ1) is 35.1. The molecule has 256 valence electrons. The van der Waals surface area contributed by atoms with E-state index in [4.69, 9.17) is 21.7 Å². The highest BCUT2D eigenvalue weighted by Crippen LogP contribution is 2.39. The number of ether oxygens (including phenoxy) is 2. The lowest BCUT2D eigenvalue weighted by molar-refractivity contribution is -0.143. The molecule has 0 bridgehead atoms. The monoisotopic (exact) mass is 714 g/mol. The zero-order valence-electron chi connectivity index (χ0n) is 25.7. The number of thiocarbonyl (C=S) groups is 1. The van der Waals surface area contributed by atoms with Crippen molar-refractivity contribution < 1.29 is 50.2 Å². The molecule has 1 aromatic heterocycles. The third-order valence-corrected chi connectivity index (χ3v) is 9.38. The number of aromatic nitrogens is 1. The Bertz CT molecular complexity index is 1790. The van der Waals surface area contributed by atoms with Crippen LogP contribution in [0.4, 0.5) is 36.8 Å². The summed E-state index contributed by atoms with van der Waals surface area (Å²) in [6, 6.07) is 4.65. The fraction of sp³-hybridized carbons (Fsp3) is 0.355. The number of halogens is 6. The lowest BCUT2D eigenvalue weighted by atomic mass is 9.97. The second-order valence-electron chi connectivity index (χ2n) is 11.1. The van der Waals surface area contributed by atoms with Gasteiger partial charge in [-0.15, -0.1) is 0 Å². The molecule has 2 aromatic carbocycles. The fourth-order valence-corrected chi connectivity index (χ4v) is 6.53. The molecule has 3 aromatic rings. The van der Waals surface area contributed by atoms with Crippen molar-refractivity contribution in [3.63, 3.8) is 0 Å². The van der Waals surface area contributed by atoms with Crippen LogP contribution in [0.2, 0.25) is 0 Å². The predicted octanol–water partition coefficient (Wildman–Crippen LogP) is 6.47. The number of nitrogens with zero attached hydrogens (tertiary/aromatic N) is 4. The van der Waals surface area contributed by atoms with E-state index in [1.807, 2.05) is 18.2 Å². The van der Waals surface area contributed by atoms with E-state index >= 15 is 0 Å². The first-order valence-electron chi connectivity index (χ1n) is 14.3. The van der Waals surface area contributed by atoms with Crippen molar-refractivity contribution in [1.82, 2.24) is 14.4 Å². The van der Waals surface area contributed by atoms with Gasteiger partial charge in [0.05, 0.1) is 35.2 Å². The number of hydrogen-bond donors (Lipinski definition) is 0. The van der Waals surface area contributed by atoms with E-state index in [9.17, 15) is 40.7 Å². The average Bonchev–Trinajstić information content (AvgIpc) is 3.55. The van der Waals surface area contributed by atoms with Gasteiger partial charge in [-0.3, -0.25) is 19.4 Å². The highest BCUT2D eigenvalue weighted by Gasteiger charge is 2.37. The Balaban J connectivity index is 1.36. The van der Waals surface area contributed by atoms with Gasteiger partial charge in [0.1, 0.15) is 23.2 Å². The Kier molecular flexibility index (Phi) is 9.74. The molecular weight excluding hydrogens is 686 g/mol. The van der Waals surface area contributed by atoms with Gasteiger partial charge in [-0.1, -0.05) is 30.1 Å². The Hall–Kier alpha value is -4.25. The summed E-state index contributed by atoms with van der Waals surface area (Å²) in [4.78, 5) is 42.0. The van der Waals surface area contributed by atoms with Crippen LogP contribution in [0, 0.1) is 0 Å². The molecule has 3 heterocycles. The maximum atomic E-state index is 13.3. The number of methoxy groups -OCH3 is 1. The van der Waals surface area contributed by atoms with E-state index in [2.05, 4.69) is 0 Å². The molecule has 3 amide bonds. The quantitative estimate of drug-likeness (QED) is 0.205. The van der Waals surface area contributed by atoms with Crippen LogP contribution in [0.1, 0.15) is 28.7 Å². The largest absolute Gasteiger partial charge is 0.495 e. The van der Waals surface area contributed by atoms with Gasteiger partial charge >= 0.3 is 18.4 Å². The minimum atomic E-state index is -5.04. The van der Waals surface area contributed by atoms with Crippen molar-refractivity contribution in [2.45, 2.75) is 25.4 Å². The number of rotatable bonds is 7. The minimum Gasteiger partial charge on any atom is -0.495 e. The molecule has 0 N–H and O–H groups in total. The SMILES string of the molecule is COc1cc(C2=CCN(C(=O)CN3C(=O)CSC3=S)CC2)cc2c(N(C)C(=O)OCc3cc(C(F)(F)F)cc(C(F)(F)F)c3)cn(C)c12. The summed E-state index contributed by atoms with van der Waals surface area (Å²) in [6.45, 7) is -0.294. The van der Waals surface area contributed by atoms with E-state index in [-0.39, 0.29) is 36.7 Å². The Labute approximate surface area is 280 Å². The number of benzene rings is 2. The van der Waals surface area contributed by atoms with Crippen molar-refractivity contribution in [2.24, 2.45) is 7.05 Å². The Morgan fingerprint density at radius 1 is 1.04 bits per heavy atom. The number of anilines is 1. The average molecular weight is 715 g/mol. The zero-order chi connectivity index (χ0) is 35.1. The van der Waals surface area contributed by atoms with Gasteiger partial charge in [0.15, 0.2) is 0 Å². The summed E-state index contributed by atoms with van der Waals surface area (Å²) in [5.41, 5.74) is -0.911. The van der Waals surface area contributed by atoms with Crippen molar-refractivity contribution in [1.29, 1.82) is 0 Å². The van der Waals surface area contributed by atoms with Crippen LogP contribution in [-0.2, 0) is 40.3 Å². The Morgan fingerprint density at radius 2 is 1.71 bits per heavy atom. The number of aryl methyl sites for hydroxylation is 1. The predicted molar refractivity (Wildman–Crippen MR) is 170 cm³/mol. The van der Waals surface area contributed by atoms with Gasteiger partial charge in [0.2, 0.25) is 11.8 Å². The molecule has 0 unspecified atom stereocenters. The van der Waals surface area contributed by atoms with Gasteiger partial charge in [-0.2, -0.15) is 26.3 Å². The van der Waals surface area contributed by atoms with Crippen LogP contribution in [0.3, 0.4) is 0 Å². The first-order chi connectivity index (χ1) is 22.5. The van der Waals surface area contributed by atoms with Crippen LogP contribution < -0.4 is 9.64 Å². The molecule has 0 saturated carbocycles. The first-order valence-corrected chi connectivity index (χ1v) is 15.7. The van der Waals surface area contributed by atoms with E-state index in [0.29, 0.717) is 51.8 Å². The van der Waals surface area contributed by atoms with Crippen LogP contribution in [0.15, 0.2) is 42.6 Å². The molecule has 2 aliphatic rings. The number of hydrogen-bond acceptors (Lipinski definition) is 7. The number of carbonyl (C=O) groups is 3. The summed E-state index contributed by atoms with van der Waals surface area (Å²) in [7, 11) is 4.56. The van der Waals surface area contributed by atoms with Gasteiger partial charge in [0, 0.05) is 38.8 Å². The number of alkyl halides is 6. The van der Waals surface area contributed by atoms with Gasteiger partial charge in [-0.25, -0.2) is 4.79 Å². The molecule has 48 heavy (non-hydrogen) atoms. The van der Waals surface area contributed by atoms with E-state index in [1.165, 1.54) is 30.8 Å². The summed E-state index contributed by atoms with van der Waals surface area (Å²) >= 11 is 6.38. The summed E-state index contributed by atoms with van der Waals surface area (Å²) in [6.07, 6.45) is -7.13. The topological polar surface area (TPSA) is 84.3 Å². The fourth-order valence-electron chi connectivity index (χ4n) is 5.46. The molecule has 1 saturated heterocycles. The lowest BCUT2D eigenvalue weighted by Crippen LogP contribution is -2.43. The molecule has 5 rings (SSSR count). The van der Waals surface area contributed by atoms with Crippen molar-refractivity contribution in [3.8, 4) is 5.75 Å². The molecule has 0 spiro atoms. The highest BCUT2D eigenvalue weighted by atomic mass is 32.2. The lowest BCUT2D eigenvalue weighted by Gasteiger charge is -2.28. The van der Waals surface area contributed by atoms with Crippen LogP contribution in [0.25, 0.3) is 16.5 Å². The number of amides is 3. The minimum absolute atomic E-state index is 0.00143. The van der Waals surface area contributed by atoms with E-state index in [0.717, 1.165) is 16.0 Å². The van der Waals surface area contributed by atoms with Crippen LogP contribution in [-0.4, -0.2) is 76.1 Å². The van der Waals surface area contributed by atoms with Crippen molar-refractivity contribution in [3.05, 3.63) is 64.9 Å². The Morgan fingerprint density at radius 3 is 2.25 bits per heavy atom. The maximum Gasteiger partial charge on any atom is 0.416 e. The van der Waals surface area contributed by atoms with E-state index in [1.54, 1.807) is 22.7 Å². The zero-order valence-corrected chi connectivity index (χ0v) is 27.3. The second kappa shape index (κ2) is 13.3. The summed E-state index contributed by atoms with van der Waals surface area (Å²) in [5.74, 6) is 0.250. The maximum absolute atomic E-state index is 13.3. The number of thioether (sulfide) groups is 1. The van der Waals surface area contributed by atoms with Gasteiger partial charge < -0.3 is 18.9 Å². The molecule has 1 fully saturated rings. The van der Waals surface area contributed by atoms with E-state index < -0.39 is 41.7 Å². The molecule has 2 aliphatic heterocycles.